The topological polar surface area (TPSA) is 58.4 Å². The molecule has 0 saturated carbocycles. The monoisotopic (exact) mass is 378 g/mol. The third-order valence-electron chi connectivity index (χ3n) is 4.41. The van der Waals surface area contributed by atoms with Crippen molar-refractivity contribution in [1.29, 1.82) is 0 Å². The Balaban J connectivity index is 1.27. The number of hydrogen-bond donors (Lipinski definition) is 2. The Kier molecular flexibility index (Phi) is 4.94. The number of carbonyl (C=O) groups is 1. The van der Waals surface area contributed by atoms with Gasteiger partial charge < -0.3 is 15.0 Å². The number of rotatable bonds is 5. The third kappa shape index (κ3) is 4.20. The van der Waals surface area contributed by atoms with Gasteiger partial charge in [0.05, 0.1) is 17.3 Å². The Labute approximate surface area is 162 Å². The largest absolute Gasteiger partial charge is 0.338 e. The Hall–Kier alpha value is -3.05. The maximum atomic E-state index is 12.0. The van der Waals surface area contributed by atoms with E-state index >= 15 is 0 Å². The number of urea groups is 1. The highest BCUT2D eigenvalue weighted by Crippen LogP contribution is 2.15. The fourth-order valence-electron chi connectivity index (χ4n) is 3.05. The van der Waals surface area contributed by atoms with Gasteiger partial charge in [0.1, 0.15) is 5.65 Å². The predicted molar refractivity (Wildman–Crippen MR) is 108 cm³/mol. The van der Waals surface area contributed by atoms with Gasteiger partial charge in [-0.3, -0.25) is 0 Å². The second-order valence-electron chi connectivity index (χ2n) is 6.39. The molecule has 5 nitrogen and oxygen atoms in total. The molecule has 2 heterocycles. The van der Waals surface area contributed by atoms with Crippen molar-refractivity contribution in [2.24, 2.45) is 0 Å². The van der Waals surface area contributed by atoms with Crippen molar-refractivity contribution in [3.8, 4) is 0 Å². The van der Waals surface area contributed by atoms with Gasteiger partial charge >= 0.3 is 6.03 Å². The van der Waals surface area contributed by atoms with E-state index in [0.717, 1.165) is 17.8 Å². The number of halogens is 1. The lowest BCUT2D eigenvalue weighted by atomic mass is 10.1. The van der Waals surface area contributed by atoms with Gasteiger partial charge in [0.2, 0.25) is 0 Å². The molecule has 0 saturated heterocycles. The molecule has 0 aliphatic rings. The standard InChI is InChI=1S/C21H19ClN4O/c22-18-7-8-20-25-19(14-26(20)13-18)12-24-21(27)23-10-9-15-5-6-16-3-1-2-4-17(16)11-15/h1-8,11,13-14H,9-10,12H2,(H2,23,24,27). The normalized spacial score (nSPS) is 11.0. The molecule has 4 rings (SSSR count). The summed E-state index contributed by atoms with van der Waals surface area (Å²) in [6.07, 6.45) is 4.43. The average molecular weight is 379 g/mol. The number of imidazole rings is 1. The van der Waals surface area contributed by atoms with Crippen molar-refractivity contribution in [2.45, 2.75) is 13.0 Å². The van der Waals surface area contributed by atoms with Crippen molar-refractivity contribution in [3.63, 3.8) is 0 Å². The van der Waals surface area contributed by atoms with Crippen molar-refractivity contribution >= 4 is 34.1 Å². The third-order valence-corrected chi connectivity index (χ3v) is 4.63. The van der Waals surface area contributed by atoms with Crippen LogP contribution < -0.4 is 10.6 Å². The van der Waals surface area contributed by atoms with E-state index in [2.05, 4.69) is 45.9 Å². The summed E-state index contributed by atoms with van der Waals surface area (Å²) in [5, 5.41) is 8.80. The Morgan fingerprint density at radius 3 is 2.74 bits per heavy atom. The number of hydrogen-bond acceptors (Lipinski definition) is 2. The molecule has 0 aliphatic heterocycles. The highest BCUT2D eigenvalue weighted by Gasteiger charge is 2.05. The van der Waals surface area contributed by atoms with E-state index in [9.17, 15) is 4.79 Å². The number of carbonyl (C=O) groups excluding carboxylic acids is 1. The van der Waals surface area contributed by atoms with Gasteiger partial charge in [0.25, 0.3) is 0 Å². The molecule has 0 unspecified atom stereocenters. The van der Waals surface area contributed by atoms with E-state index in [1.165, 1.54) is 16.3 Å². The van der Waals surface area contributed by atoms with Crippen molar-refractivity contribution in [1.82, 2.24) is 20.0 Å². The fourth-order valence-corrected chi connectivity index (χ4v) is 3.22. The Morgan fingerprint density at radius 1 is 1.00 bits per heavy atom. The van der Waals surface area contributed by atoms with Crippen LogP contribution in [0.25, 0.3) is 16.4 Å². The molecule has 0 spiro atoms. The Morgan fingerprint density at radius 2 is 1.85 bits per heavy atom. The van der Waals surface area contributed by atoms with Crippen LogP contribution in [0.2, 0.25) is 5.02 Å². The number of nitrogens with zero attached hydrogens (tertiary/aromatic N) is 2. The molecule has 0 aliphatic carbocycles. The molecule has 2 amide bonds. The zero-order chi connectivity index (χ0) is 18.6. The number of pyridine rings is 1. The molecule has 136 valence electrons. The van der Waals surface area contributed by atoms with Crippen LogP contribution in [-0.4, -0.2) is 22.0 Å². The van der Waals surface area contributed by atoms with E-state index in [1.807, 2.05) is 28.8 Å². The summed E-state index contributed by atoms with van der Waals surface area (Å²) in [6, 6.07) is 18.1. The first kappa shape index (κ1) is 17.4. The molecule has 2 aromatic carbocycles. The first-order chi connectivity index (χ1) is 13.2. The van der Waals surface area contributed by atoms with E-state index in [1.54, 1.807) is 12.3 Å². The molecule has 2 aromatic heterocycles. The molecular formula is C21H19ClN4O. The molecule has 4 aromatic rings. The lowest BCUT2D eigenvalue weighted by Gasteiger charge is -2.07. The summed E-state index contributed by atoms with van der Waals surface area (Å²) in [7, 11) is 0. The van der Waals surface area contributed by atoms with E-state index in [0.29, 0.717) is 18.1 Å². The summed E-state index contributed by atoms with van der Waals surface area (Å²) in [4.78, 5) is 16.5. The van der Waals surface area contributed by atoms with Crippen LogP contribution in [0, 0.1) is 0 Å². The number of benzene rings is 2. The summed E-state index contributed by atoms with van der Waals surface area (Å²) in [6.45, 7) is 0.937. The first-order valence-electron chi connectivity index (χ1n) is 8.80. The zero-order valence-corrected chi connectivity index (χ0v) is 15.4. The summed E-state index contributed by atoms with van der Waals surface area (Å²) < 4.78 is 1.84. The molecule has 0 bridgehead atoms. The highest BCUT2D eigenvalue weighted by atomic mass is 35.5. The van der Waals surface area contributed by atoms with Gasteiger partial charge in [0, 0.05) is 18.9 Å². The lowest BCUT2D eigenvalue weighted by molar-refractivity contribution is 0.240. The van der Waals surface area contributed by atoms with Crippen molar-refractivity contribution in [3.05, 3.63) is 83.3 Å². The molecule has 6 heteroatoms. The molecule has 0 atom stereocenters. The van der Waals surface area contributed by atoms with E-state index in [4.69, 9.17) is 11.6 Å². The lowest BCUT2D eigenvalue weighted by Crippen LogP contribution is -2.36. The minimum Gasteiger partial charge on any atom is -0.338 e. The second kappa shape index (κ2) is 7.68. The first-order valence-corrected chi connectivity index (χ1v) is 9.18. The van der Waals surface area contributed by atoms with E-state index in [-0.39, 0.29) is 6.03 Å². The number of amides is 2. The summed E-state index contributed by atoms with van der Waals surface area (Å²) in [5.74, 6) is 0. The number of nitrogens with one attached hydrogen (secondary N) is 2. The maximum absolute atomic E-state index is 12.0. The fraction of sp³-hybridized carbons (Fsp3) is 0.143. The van der Waals surface area contributed by atoms with Crippen molar-refractivity contribution < 1.29 is 4.79 Å². The molecule has 27 heavy (non-hydrogen) atoms. The molecule has 0 fully saturated rings. The van der Waals surface area contributed by atoms with Crippen LogP contribution in [0.15, 0.2) is 67.0 Å². The van der Waals surface area contributed by atoms with Gasteiger partial charge in [-0.05, 0) is 34.9 Å². The van der Waals surface area contributed by atoms with Gasteiger partial charge in [-0.15, -0.1) is 0 Å². The summed E-state index contributed by atoms with van der Waals surface area (Å²) >= 11 is 5.97. The minimum atomic E-state index is -0.203. The van der Waals surface area contributed by atoms with Crippen LogP contribution in [-0.2, 0) is 13.0 Å². The van der Waals surface area contributed by atoms with Gasteiger partial charge in [-0.1, -0.05) is 54.1 Å². The molecule has 2 N–H and O–H groups in total. The molecular weight excluding hydrogens is 360 g/mol. The quantitative estimate of drug-likeness (QED) is 0.547. The van der Waals surface area contributed by atoms with Crippen LogP contribution in [0.4, 0.5) is 4.79 Å². The zero-order valence-electron chi connectivity index (χ0n) is 14.7. The predicted octanol–water partition coefficient (Wildman–Crippen LogP) is 4.18. The minimum absolute atomic E-state index is 0.203. The van der Waals surface area contributed by atoms with Crippen LogP contribution >= 0.6 is 11.6 Å². The maximum Gasteiger partial charge on any atom is 0.315 e. The van der Waals surface area contributed by atoms with Gasteiger partial charge in [-0.2, -0.15) is 0 Å². The SMILES string of the molecule is O=C(NCCc1ccc2ccccc2c1)NCc1cn2cc(Cl)ccc2n1. The number of fused-ring (bicyclic) bond motifs is 2. The Bertz CT molecular complexity index is 1110. The average Bonchev–Trinajstić information content (AvgIpc) is 3.08. The van der Waals surface area contributed by atoms with Gasteiger partial charge in [0.15, 0.2) is 0 Å². The highest BCUT2D eigenvalue weighted by molar-refractivity contribution is 6.30. The summed E-state index contributed by atoms with van der Waals surface area (Å²) in [5.41, 5.74) is 2.78. The van der Waals surface area contributed by atoms with Gasteiger partial charge in [-0.25, -0.2) is 9.78 Å². The second-order valence-corrected chi connectivity index (χ2v) is 6.82. The smallest absolute Gasteiger partial charge is 0.315 e. The molecule has 0 radical (unpaired) electrons. The van der Waals surface area contributed by atoms with Crippen LogP contribution in [0.1, 0.15) is 11.3 Å². The number of aromatic nitrogens is 2. The van der Waals surface area contributed by atoms with Crippen LogP contribution in [0.5, 0.6) is 0 Å². The van der Waals surface area contributed by atoms with Crippen molar-refractivity contribution in [2.75, 3.05) is 6.54 Å². The van der Waals surface area contributed by atoms with E-state index < -0.39 is 0 Å². The van der Waals surface area contributed by atoms with Crippen LogP contribution in [0.3, 0.4) is 0 Å².